The van der Waals surface area contributed by atoms with Crippen LogP contribution < -0.4 is 0 Å². The van der Waals surface area contributed by atoms with Crippen molar-refractivity contribution in [3.05, 3.63) is 42.0 Å². The van der Waals surface area contributed by atoms with Gasteiger partial charge in [-0.3, -0.25) is 0 Å². The van der Waals surface area contributed by atoms with E-state index in [-0.39, 0.29) is 11.5 Å². The van der Waals surface area contributed by atoms with E-state index in [1.54, 1.807) is 0 Å². The molecule has 5 heteroatoms. The number of nitrogens with zero attached hydrogens (tertiary/aromatic N) is 4. The summed E-state index contributed by atoms with van der Waals surface area (Å²) in [5.74, 6) is -0.318. The summed E-state index contributed by atoms with van der Waals surface area (Å²) in [7, 11) is 0. The van der Waals surface area contributed by atoms with Crippen LogP contribution in [-0.2, 0) is 0 Å². The third-order valence-corrected chi connectivity index (χ3v) is 1.66. The topological polar surface area (TPSA) is 54.5 Å². The molecule has 0 saturated carbocycles. The molecule has 0 spiro atoms. The van der Waals surface area contributed by atoms with Gasteiger partial charge in [0, 0.05) is 0 Å². The Morgan fingerprint density at radius 2 is 2.00 bits per heavy atom. The molecule has 1 heterocycles. The SMILES string of the molecule is N#Cc1cnn(-c2ccc(F)cc2)n1. The van der Waals surface area contributed by atoms with E-state index in [9.17, 15) is 4.39 Å². The van der Waals surface area contributed by atoms with Gasteiger partial charge in [0.1, 0.15) is 11.9 Å². The van der Waals surface area contributed by atoms with Crippen LogP contribution in [0.15, 0.2) is 30.5 Å². The van der Waals surface area contributed by atoms with Crippen molar-refractivity contribution in [1.82, 2.24) is 15.0 Å². The van der Waals surface area contributed by atoms with Gasteiger partial charge in [-0.05, 0) is 24.3 Å². The van der Waals surface area contributed by atoms with E-state index in [0.717, 1.165) is 0 Å². The first kappa shape index (κ1) is 8.38. The summed E-state index contributed by atoms with van der Waals surface area (Å²) in [5.41, 5.74) is 0.849. The maximum Gasteiger partial charge on any atom is 0.183 e. The summed E-state index contributed by atoms with van der Waals surface area (Å²) in [6.07, 6.45) is 1.35. The zero-order chi connectivity index (χ0) is 9.97. The van der Waals surface area contributed by atoms with Crippen molar-refractivity contribution in [3.8, 4) is 11.8 Å². The van der Waals surface area contributed by atoms with Crippen LogP contribution in [0.3, 0.4) is 0 Å². The molecule has 1 aromatic carbocycles. The predicted octanol–water partition coefficient (Wildman–Crippen LogP) is 1.28. The Hall–Kier alpha value is -2.22. The highest BCUT2D eigenvalue weighted by Crippen LogP contribution is 2.06. The lowest BCUT2D eigenvalue weighted by atomic mass is 10.3. The molecule has 14 heavy (non-hydrogen) atoms. The second-order valence-corrected chi connectivity index (χ2v) is 2.61. The lowest BCUT2D eigenvalue weighted by molar-refractivity contribution is 0.626. The molecular weight excluding hydrogens is 183 g/mol. The monoisotopic (exact) mass is 188 g/mol. The second-order valence-electron chi connectivity index (χ2n) is 2.61. The van der Waals surface area contributed by atoms with Crippen molar-refractivity contribution in [1.29, 1.82) is 5.26 Å². The third-order valence-electron chi connectivity index (χ3n) is 1.66. The van der Waals surface area contributed by atoms with Crippen LogP contribution in [0.5, 0.6) is 0 Å². The zero-order valence-electron chi connectivity index (χ0n) is 7.05. The molecule has 0 aliphatic heterocycles. The molecule has 0 aliphatic rings. The lowest BCUT2D eigenvalue weighted by Gasteiger charge is -1.97. The average Bonchev–Trinajstić information content (AvgIpc) is 2.67. The minimum absolute atomic E-state index is 0.231. The quantitative estimate of drug-likeness (QED) is 0.677. The number of hydrogen-bond donors (Lipinski definition) is 0. The van der Waals surface area contributed by atoms with Gasteiger partial charge in [0.25, 0.3) is 0 Å². The average molecular weight is 188 g/mol. The zero-order valence-corrected chi connectivity index (χ0v) is 7.05. The molecule has 0 bridgehead atoms. The molecule has 2 aromatic rings. The Morgan fingerprint density at radius 3 is 2.57 bits per heavy atom. The Kier molecular flexibility index (Phi) is 1.95. The van der Waals surface area contributed by atoms with Crippen LogP contribution in [-0.4, -0.2) is 15.0 Å². The summed E-state index contributed by atoms with van der Waals surface area (Å²) in [6.45, 7) is 0. The van der Waals surface area contributed by atoms with Crippen LogP contribution in [0, 0.1) is 17.1 Å². The number of hydrogen-bond acceptors (Lipinski definition) is 3. The lowest BCUT2D eigenvalue weighted by Crippen LogP contribution is -1.98. The van der Waals surface area contributed by atoms with Gasteiger partial charge in [-0.25, -0.2) is 4.39 Å². The van der Waals surface area contributed by atoms with E-state index in [1.807, 2.05) is 6.07 Å². The Balaban J connectivity index is 2.40. The number of rotatable bonds is 1. The molecule has 0 atom stereocenters. The maximum atomic E-state index is 12.6. The molecule has 0 unspecified atom stereocenters. The smallest absolute Gasteiger partial charge is 0.183 e. The van der Waals surface area contributed by atoms with E-state index in [4.69, 9.17) is 5.26 Å². The van der Waals surface area contributed by atoms with Gasteiger partial charge in [0.2, 0.25) is 0 Å². The van der Waals surface area contributed by atoms with E-state index >= 15 is 0 Å². The van der Waals surface area contributed by atoms with Gasteiger partial charge < -0.3 is 0 Å². The largest absolute Gasteiger partial charge is 0.207 e. The fraction of sp³-hybridized carbons (Fsp3) is 0. The van der Waals surface area contributed by atoms with Gasteiger partial charge in [0.15, 0.2) is 5.69 Å². The first-order chi connectivity index (χ1) is 6.79. The van der Waals surface area contributed by atoms with Crippen molar-refractivity contribution in [2.75, 3.05) is 0 Å². The van der Waals surface area contributed by atoms with Gasteiger partial charge in [-0.1, -0.05) is 0 Å². The van der Waals surface area contributed by atoms with Crippen LogP contribution in [0.1, 0.15) is 5.69 Å². The van der Waals surface area contributed by atoms with Gasteiger partial charge in [-0.2, -0.15) is 15.2 Å². The van der Waals surface area contributed by atoms with Crippen molar-refractivity contribution < 1.29 is 4.39 Å². The van der Waals surface area contributed by atoms with Crippen molar-refractivity contribution in [2.24, 2.45) is 0 Å². The highest BCUT2D eigenvalue weighted by molar-refractivity contribution is 5.30. The van der Waals surface area contributed by atoms with E-state index in [1.165, 1.54) is 35.3 Å². The molecule has 4 nitrogen and oxygen atoms in total. The molecular formula is C9H5FN4. The van der Waals surface area contributed by atoms with E-state index in [0.29, 0.717) is 5.69 Å². The minimum Gasteiger partial charge on any atom is -0.207 e. The number of aromatic nitrogens is 3. The number of benzene rings is 1. The molecule has 2 rings (SSSR count). The second kappa shape index (κ2) is 3.26. The van der Waals surface area contributed by atoms with Crippen LogP contribution >= 0.6 is 0 Å². The molecule has 0 aliphatic carbocycles. The maximum absolute atomic E-state index is 12.6. The number of nitriles is 1. The van der Waals surface area contributed by atoms with Gasteiger partial charge in [0.05, 0.1) is 11.9 Å². The summed E-state index contributed by atoms with van der Waals surface area (Å²) in [6, 6.07) is 7.56. The number of halogens is 1. The third kappa shape index (κ3) is 1.45. The molecule has 0 N–H and O–H groups in total. The summed E-state index contributed by atoms with van der Waals surface area (Å²) >= 11 is 0. The first-order valence-corrected chi connectivity index (χ1v) is 3.88. The van der Waals surface area contributed by atoms with E-state index in [2.05, 4.69) is 10.2 Å². The van der Waals surface area contributed by atoms with Crippen molar-refractivity contribution in [2.45, 2.75) is 0 Å². The molecule has 0 saturated heterocycles. The molecule has 0 radical (unpaired) electrons. The fourth-order valence-corrected chi connectivity index (χ4v) is 1.01. The van der Waals surface area contributed by atoms with Crippen LogP contribution in [0.25, 0.3) is 5.69 Å². The summed E-state index contributed by atoms with van der Waals surface area (Å²) in [4.78, 5) is 1.28. The highest BCUT2D eigenvalue weighted by Gasteiger charge is 2.01. The van der Waals surface area contributed by atoms with Crippen LogP contribution in [0.4, 0.5) is 4.39 Å². The highest BCUT2D eigenvalue weighted by atomic mass is 19.1. The van der Waals surface area contributed by atoms with E-state index < -0.39 is 0 Å². The Labute approximate surface area is 79.2 Å². The molecule has 0 fully saturated rings. The fourth-order valence-electron chi connectivity index (χ4n) is 1.01. The molecule has 68 valence electrons. The molecule has 1 aromatic heterocycles. The van der Waals surface area contributed by atoms with Crippen molar-refractivity contribution in [3.63, 3.8) is 0 Å². The normalized spacial score (nSPS) is 9.71. The predicted molar refractivity (Wildman–Crippen MR) is 46.0 cm³/mol. The minimum atomic E-state index is -0.318. The van der Waals surface area contributed by atoms with Crippen LogP contribution in [0.2, 0.25) is 0 Å². The summed E-state index contributed by atoms with van der Waals surface area (Å²) in [5, 5.41) is 16.2. The van der Waals surface area contributed by atoms with Gasteiger partial charge >= 0.3 is 0 Å². The first-order valence-electron chi connectivity index (χ1n) is 3.88. The standard InChI is InChI=1S/C9H5FN4/c10-7-1-3-9(4-2-7)14-12-6-8(5-11)13-14/h1-4,6H. The summed E-state index contributed by atoms with van der Waals surface area (Å²) < 4.78 is 12.6. The van der Waals surface area contributed by atoms with Crippen molar-refractivity contribution >= 4 is 0 Å². The Bertz CT molecular complexity index is 480. The molecule has 0 amide bonds. The van der Waals surface area contributed by atoms with Gasteiger partial charge in [-0.15, -0.1) is 5.10 Å². The Morgan fingerprint density at radius 1 is 1.29 bits per heavy atom.